The third-order valence-electron chi connectivity index (χ3n) is 2.94. The number of hydrogen-bond acceptors (Lipinski definition) is 2. The SMILES string of the molecule is CCN(CC)c1ccc2ccc(O)cc2c1. The van der Waals surface area contributed by atoms with Gasteiger partial charge in [0.1, 0.15) is 5.75 Å². The van der Waals surface area contributed by atoms with Crippen LogP contribution in [0.5, 0.6) is 5.75 Å². The first-order chi connectivity index (χ1) is 7.74. The third kappa shape index (κ3) is 1.96. The van der Waals surface area contributed by atoms with E-state index in [1.165, 1.54) is 5.69 Å². The zero-order valence-electron chi connectivity index (χ0n) is 9.77. The van der Waals surface area contributed by atoms with E-state index in [2.05, 4.69) is 36.9 Å². The van der Waals surface area contributed by atoms with E-state index in [0.717, 1.165) is 23.9 Å². The zero-order valence-corrected chi connectivity index (χ0v) is 9.77. The molecular formula is C14H17NO. The Morgan fingerprint density at radius 2 is 1.62 bits per heavy atom. The van der Waals surface area contributed by atoms with Crippen molar-refractivity contribution >= 4 is 16.5 Å². The molecule has 2 rings (SSSR count). The average Bonchev–Trinajstić information content (AvgIpc) is 2.30. The van der Waals surface area contributed by atoms with Gasteiger partial charge in [-0.25, -0.2) is 0 Å². The minimum absolute atomic E-state index is 0.323. The Hall–Kier alpha value is -1.70. The van der Waals surface area contributed by atoms with Crippen molar-refractivity contribution in [2.45, 2.75) is 13.8 Å². The van der Waals surface area contributed by atoms with Crippen molar-refractivity contribution in [3.05, 3.63) is 36.4 Å². The van der Waals surface area contributed by atoms with Crippen molar-refractivity contribution in [2.24, 2.45) is 0 Å². The maximum atomic E-state index is 9.46. The van der Waals surface area contributed by atoms with Gasteiger partial charge in [-0.15, -0.1) is 0 Å². The molecule has 0 aliphatic heterocycles. The third-order valence-corrected chi connectivity index (χ3v) is 2.94. The molecule has 2 heteroatoms. The van der Waals surface area contributed by atoms with E-state index in [1.807, 2.05) is 12.1 Å². The van der Waals surface area contributed by atoms with E-state index in [-0.39, 0.29) is 0 Å². The summed E-state index contributed by atoms with van der Waals surface area (Å²) in [5, 5.41) is 11.7. The van der Waals surface area contributed by atoms with Crippen LogP contribution in [0.2, 0.25) is 0 Å². The Morgan fingerprint density at radius 3 is 2.31 bits per heavy atom. The predicted molar refractivity (Wildman–Crippen MR) is 69.2 cm³/mol. The van der Waals surface area contributed by atoms with Gasteiger partial charge in [0.2, 0.25) is 0 Å². The van der Waals surface area contributed by atoms with Crippen molar-refractivity contribution < 1.29 is 5.11 Å². The number of fused-ring (bicyclic) bond motifs is 1. The van der Waals surface area contributed by atoms with Crippen LogP contribution >= 0.6 is 0 Å². The van der Waals surface area contributed by atoms with Crippen molar-refractivity contribution in [2.75, 3.05) is 18.0 Å². The van der Waals surface area contributed by atoms with Crippen LogP contribution in [0.4, 0.5) is 5.69 Å². The second-order valence-corrected chi connectivity index (χ2v) is 3.89. The summed E-state index contributed by atoms with van der Waals surface area (Å²) in [7, 11) is 0. The minimum Gasteiger partial charge on any atom is -0.508 e. The van der Waals surface area contributed by atoms with Crippen LogP contribution in [0.1, 0.15) is 13.8 Å². The van der Waals surface area contributed by atoms with Gasteiger partial charge in [0.15, 0.2) is 0 Å². The number of anilines is 1. The number of phenolic OH excluding ortho intramolecular Hbond substituents is 1. The second-order valence-electron chi connectivity index (χ2n) is 3.89. The summed E-state index contributed by atoms with van der Waals surface area (Å²) in [6, 6.07) is 11.8. The van der Waals surface area contributed by atoms with Gasteiger partial charge in [0, 0.05) is 18.8 Å². The second kappa shape index (κ2) is 4.44. The summed E-state index contributed by atoms with van der Waals surface area (Å²) in [5.41, 5.74) is 1.21. The Kier molecular flexibility index (Phi) is 3.00. The summed E-state index contributed by atoms with van der Waals surface area (Å²) in [6.07, 6.45) is 0. The van der Waals surface area contributed by atoms with Crippen molar-refractivity contribution in [3.8, 4) is 5.75 Å². The lowest BCUT2D eigenvalue weighted by Gasteiger charge is -2.21. The number of nitrogens with zero attached hydrogens (tertiary/aromatic N) is 1. The largest absolute Gasteiger partial charge is 0.508 e. The Balaban J connectivity index is 2.49. The molecule has 0 bridgehead atoms. The highest BCUT2D eigenvalue weighted by atomic mass is 16.3. The molecule has 0 heterocycles. The highest BCUT2D eigenvalue weighted by Gasteiger charge is 2.03. The molecule has 2 nitrogen and oxygen atoms in total. The summed E-state index contributed by atoms with van der Waals surface area (Å²) in [6.45, 7) is 6.30. The van der Waals surface area contributed by atoms with Crippen molar-refractivity contribution in [1.29, 1.82) is 0 Å². The summed E-state index contributed by atoms with van der Waals surface area (Å²) in [5.74, 6) is 0.323. The molecule has 0 aliphatic carbocycles. The van der Waals surface area contributed by atoms with Crippen LogP contribution in [0.3, 0.4) is 0 Å². The smallest absolute Gasteiger partial charge is 0.116 e. The van der Waals surface area contributed by atoms with Crippen LogP contribution in [-0.2, 0) is 0 Å². The van der Waals surface area contributed by atoms with Gasteiger partial charge in [-0.3, -0.25) is 0 Å². The normalized spacial score (nSPS) is 10.6. The number of rotatable bonds is 3. The van der Waals surface area contributed by atoms with E-state index in [1.54, 1.807) is 6.07 Å². The fourth-order valence-corrected chi connectivity index (χ4v) is 2.01. The van der Waals surface area contributed by atoms with Crippen LogP contribution in [0.25, 0.3) is 10.8 Å². The van der Waals surface area contributed by atoms with Gasteiger partial charge in [-0.05, 0) is 48.9 Å². The van der Waals surface area contributed by atoms with E-state index in [4.69, 9.17) is 0 Å². The first-order valence-corrected chi connectivity index (χ1v) is 5.72. The fraction of sp³-hybridized carbons (Fsp3) is 0.286. The van der Waals surface area contributed by atoms with Gasteiger partial charge in [0.05, 0.1) is 0 Å². The predicted octanol–water partition coefficient (Wildman–Crippen LogP) is 3.39. The number of phenols is 1. The van der Waals surface area contributed by atoms with Crippen LogP contribution in [-0.4, -0.2) is 18.2 Å². The topological polar surface area (TPSA) is 23.5 Å². The molecule has 0 atom stereocenters. The number of benzene rings is 2. The lowest BCUT2D eigenvalue weighted by molar-refractivity contribution is 0.476. The summed E-state index contributed by atoms with van der Waals surface area (Å²) >= 11 is 0. The van der Waals surface area contributed by atoms with Gasteiger partial charge in [-0.2, -0.15) is 0 Å². The maximum absolute atomic E-state index is 9.46. The molecular weight excluding hydrogens is 198 g/mol. The molecule has 2 aromatic rings. The Labute approximate surface area is 96.1 Å². The molecule has 84 valence electrons. The molecule has 0 radical (unpaired) electrons. The molecule has 0 unspecified atom stereocenters. The highest BCUT2D eigenvalue weighted by Crippen LogP contribution is 2.25. The quantitative estimate of drug-likeness (QED) is 0.848. The Bertz CT molecular complexity index is 489. The molecule has 16 heavy (non-hydrogen) atoms. The van der Waals surface area contributed by atoms with E-state index in [0.29, 0.717) is 5.75 Å². The lowest BCUT2D eigenvalue weighted by Crippen LogP contribution is -2.21. The molecule has 0 spiro atoms. The van der Waals surface area contributed by atoms with Gasteiger partial charge < -0.3 is 10.0 Å². The first-order valence-electron chi connectivity index (χ1n) is 5.72. The van der Waals surface area contributed by atoms with Crippen molar-refractivity contribution in [3.63, 3.8) is 0 Å². The molecule has 0 aromatic heterocycles. The monoisotopic (exact) mass is 215 g/mol. The molecule has 0 aliphatic rings. The van der Waals surface area contributed by atoms with E-state index in [9.17, 15) is 5.11 Å². The Morgan fingerprint density at radius 1 is 0.938 bits per heavy atom. The average molecular weight is 215 g/mol. The lowest BCUT2D eigenvalue weighted by atomic mass is 10.1. The molecule has 0 saturated heterocycles. The molecule has 2 aromatic carbocycles. The first kappa shape index (κ1) is 10.8. The number of hydrogen-bond donors (Lipinski definition) is 1. The van der Waals surface area contributed by atoms with Crippen molar-refractivity contribution in [1.82, 2.24) is 0 Å². The van der Waals surface area contributed by atoms with E-state index < -0.39 is 0 Å². The van der Waals surface area contributed by atoms with Crippen LogP contribution in [0, 0.1) is 0 Å². The van der Waals surface area contributed by atoms with Crippen LogP contribution < -0.4 is 4.90 Å². The molecule has 1 N–H and O–H groups in total. The van der Waals surface area contributed by atoms with Gasteiger partial charge in [-0.1, -0.05) is 12.1 Å². The fourth-order valence-electron chi connectivity index (χ4n) is 2.01. The number of aromatic hydroxyl groups is 1. The van der Waals surface area contributed by atoms with Gasteiger partial charge >= 0.3 is 0 Å². The van der Waals surface area contributed by atoms with Crippen LogP contribution in [0.15, 0.2) is 36.4 Å². The minimum atomic E-state index is 0.323. The zero-order chi connectivity index (χ0) is 11.5. The van der Waals surface area contributed by atoms with E-state index >= 15 is 0 Å². The highest BCUT2D eigenvalue weighted by molar-refractivity contribution is 5.87. The molecule has 0 amide bonds. The summed E-state index contributed by atoms with van der Waals surface area (Å²) < 4.78 is 0. The van der Waals surface area contributed by atoms with Gasteiger partial charge in [0.25, 0.3) is 0 Å². The molecule has 0 fully saturated rings. The molecule has 0 saturated carbocycles. The summed E-state index contributed by atoms with van der Waals surface area (Å²) in [4.78, 5) is 2.30. The standard InChI is InChI=1S/C14H17NO/c1-3-15(4-2)13-7-5-11-6-8-14(16)10-12(11)9-13/h5-10,16H,3-4H2,1-2H3. The maximum Gasteiger partial charge on any atom is 0.116 e.